The Bertz CT molecular complexity index is 1260. The Hall–Kier alpha value is -4.73. The van der Waals surface area contributed by atoms with E-state index in [1.807, 2.05) is 6.92 Å². The summed E-state index contributed by atoms with van der Waals surface area (Å²) in [6.07, 6.45) is 0.114. The van der Waals surface area contributed by atoms with Gasteiger partial charge in [-0.15, -0.1) is 0 Å². The topological polar surface area (TPSA) is 148 Å². The number of carbonyl (C=O) groups is 3. The number of aromatic hydroxyl groups is 1. The van der Waals surface area contributed by atoms with E-state index in [9.17, 15) is 29.6 Å². The number of amides is 2. The van der Waals surface area contributed by atoms with Crippen molar-refractivity contribution in [2.24, 2.45) is 0 Å². The van der Waals surface area contributed by atoms with Crippen molar-refractivity contribution in [3.05, 3.63) is 105 Å². The molecule has 0 spiro atoms. The van der Waals surface area contributed by atoms with Gasteiger partial charge in [0.1, 0.15) is 17.8 Å². The molecule has 3 N–H and O–H groups in total. The third-order valence-corrected chi connectivity index (χ3v) is 5.70. The minimum atomic E-state index is -1.10. The number of hydrogen-bond acceptors (Lipinski definition) is 7. The molecule has 0 unspecified atom stereocenters. The number of rotatable bonds is 10. The highest BCUT2D eigenvalue weighted by atomic mass is 16.6. The number of ether oxygens (including phenoxy) is 1. The standard InChI is InChI=1S/C27H27N3O7/c1-17-3-9-20(10-4-17)25(32)28-23(15-18-5-11-21(12-6-18)30(35)36)26(33)29-24(27(34)37-2)16-19-7-13-22(31)14-8-19/h3-14,23-24,31H,15-16H2,1-2H3,(H,28,32)(H,29,33)/t23-,24-/m0/s1. The lowest BCUT2D eigenvalue weighted by Crippen LogP contribution is -2.53. The predicted molar refractivity (Wildman–Crippen MR) is 135 cm³/mol. The van der Waals surface area contributed by atoms with Gasteiger partial charge in [0.15, 0.2) is 0 Å². The molecule has 2 amide bonds. The number of phenolic OH excluding ortho intramolecular Hbond substituents is 1. The van der Waals surface area contributed by atoms with Crippen molar-refractivity contribution in [1.29, 1.82) is 0 Å². The summed E-state index contributed by atoms with van der Waals surface area (Å²) in [4.78, 5) is 49.1. The lowest BCUT2D eigenvalue weighted by Gasteiger charge is -2.23. The molecule has 192 valence electrons. The van der Waals surface area contributed by atoms with E-state index in [2.05, 4.69) is 10.6 Å². The maximum absolute atomic E-state index is 13.3. The zero-order valence-electron chi connectivity index (χ0n) is 20.3. The van der Waals surface area contributed by atoms with Gasteiger partial charge in [-0.1, -0.05) is 42.0 Å². The monoisotopic (exact) mass is 505 g/mol. The smallest absolute Gasteiger partial charge is 0.328 e. The number of aryl methyl sites for hydroxylation is 1. The summed E-state index contributed by atoms with van der Waals surface area (Å²) in [5.41, 5.74) is 2.45. The van der Waals surface area contributed by atoms with Crippen LogP contribution in [-0.2, 0) is 27.2 Å². The second kappa shape index (κ2) is 12.3. The van der Waals surface area contributed by atoms with Crippen LogP contribution in [0.2, 0.25) is 0 Å². The highest BCUT2D eigenvalue weighted by molar-refractivity contribution is 5.98. The summed E-state index contributed by atoms with van der Waals surface area (Å²) in [6.45, 7) is 1.88. The van der Waals surface area contributed by atoms with E-state index in [4.69, 9.17) is 4.74 Å². The van der Waals surface area contributed by atoms with Crippen molar-refractivity contribution in [3.8, 4) is 5.75 Å². The van der Waals surface area contributed by atoms with E-state index in [0.717, 1.165) is 5.56 Å². The molecule has 0 aliphatic rings. The first-order valence-electron chi connectivity index (χ1n) is 11.4. The lowest BCUT2D eigenvalue weighted by molar-refractivity contribution is -0.384. The van der Waals surface area contributed by atoms with Crippen LogP contribution in [0, 0.1) is 17.0 Å². The van der Waals surface area contributed by atoms with E-state index in [1.165, 1.54) is 43.5 Å². The minimum absolute atomic E-state index is 0.0224. The number of phenols is 1. The van der Waals surface area contributed by atoms with Crippen molar-refractivity contribution in [2.45, 2.75) is 31.8 Å². The number of benzene rings is 3. The van der Waals surface area contributed by atoms with Gasteiger partial charge in [-0.25, -0.2) is 4.79 Å². The Morgan fingerprint density at radius 1 is 0.865 bits per heavy atom. The number of methoxy groups -OCH3 is 1. The van der Waals surface area contributed by atoms with E-state index in [-0.39, 0.29) is 24.3 Å². The number of non-ortho nitro benzene ring substituents is 1. The Labute approximate surface area is 213 Å². The number of nitro groups is 1. The number of nitrogens with one attached hydrogen (secondary N) is 2. The van der Waals surface area contributed by atoms with Crippen LogP contribution in [0.1, 0.15) is 27.0 Å². The van der Waals surface area contributed by atoms with Crippen molar-refractivity contribution in [2.75, 3.05) is 7.11 Å². The molecule has 0 aliphatic carbocycles. The van der Waals surface area contributed by atoms with E-state index in [1.54, 1.807) is 36.4 Å². The number of hydrogen-bond donors (Lipinski definition) is 3. The zero-order chi connectivity index (χ0) is 26.9. The molecule has 2 atom stereocenters. The summed E-state index contributed by atoms with van der Waals surface area (Å²) < 4.78 is 4.85. The van der Waals surface area contributed by atoms with Gasteiger partial charge in [0.2, 0.25) is 5.91 Å². The van der Waals surface area contributed by atoms with Crippen LogP contribution in [0.5, 0.6) is 5.75 Å². The van der Waals surface area contributed by atoms with E-state index in [0.29, 0.717) is 16.7 Å². The van der Waals surface area contributed by atoms with Gasteiger partial charge in [-0.2, -0.15) is 0 Å². The maximum Gasteiger partial charge on any atom is 0.328 e. The average molecular weight is 506 g/mol. The molecule has 3 aromatic rings. The average Bonchev–Trinajstić information content (AvgIpc) is 2.89. The fraction of sp³-hybridized carbons (Fsp3) is 0.222. The molecule has 0 saturated carbocycles. The molecule has 0 aliphatic heterocycles. The predicted octanol–water partition coefficient (Wildman–Crippen LogP) is 2.85. The first kappa shape index (κ1) is 26.9. The summed E-state index contributed by atoms with van der Waals surface area (Å²) in [6, 6.07) is 16.4. The third-order valence-electron chi connectivity index (χ3n) is 5.70. The Morgan fingerprint density at radius 2 is 1.41 bits per heavy atom. The van der Waals surface area contributed by atoms with Gasteiger partial charge in [-0.05, 0) is 42.3 Å². The molecule has 0 heterocycles. The molecule has 0 saturated heterocycles. The normalized spacial score (nSPS) is 12.2. The van der Waals surface area contributed by atoms with Crippen molar-refractivity contribution in [3.63, 3.8) is 0 Å². The third kappa shape index (κ3) is 7.63. The van der Waals surface area contributed by atoms with Gasteiger partial charge in [0.25, 0.3) is 11.6 Å². The Balaban J connectivity index is 1.83. The molecule has 37 heavy (non-hydrogen) atoms. The van der Waals surface area contributed by atoms with Crippen LogP contribution in [0.15, 0.2) is 72.8 Å². The highest BCUT2D eigenvalue weighted by Gasteiger charge is 2.28. The van der Waals surface area contributed by atoms with Gasteiger partial charge >= 0.3 is 5.97 Å². The second-order valence-electron chi connectivity index (χ2n) is 8.47. The SMILES string of the molecule is COC(=O)[C@H](Cc1ccc(O)cc1)NC(=O)[C@H](Cc1ccc([N+](=O)[O-])cc1)NC(=O)c1ccc(C)cc1. The van der Waals surface area contributed by atoms with Crippen molar-refractivity contribution >= 4 is 23.5 Å². The second-order valence-corrected chi connectivity index (χ2v) is 8.47. The molecule has 0 bridgehead atoms. The summed E-state index contributed by atoms with van der Waals surface area (Å²) in [5, 5.41) is 25.8. The van der Waals surface area contributed by atoms with Gasteiger partial charge < -0.3 is 20.5 Å². The first-order valence-corrected chi connectivity index (χ1v) is 11.4. The molecule has 10 heteroatoms. The van der Waals surface area contributed by atoms with Crippen LogP contribution in [0.4, 0.5) is 5.69 Å². The number of nitro benzene ring substituents is 1. The Morgan fingerprint density at radius 3 is 1.95 bits per heavy atom. The van der Waals surface area contributed by atoms with Crippen LogP contribution in [0.3, 0.4) is 0 Å². The molecule has 10 nitrogen and oxygen atoms in total. The molecular weight excluding hydrogens is 478 g/mol. The van der Waals surface area contributed by atoms with E-state index >= 15 is 0 Å². The molecule has 0 radical (unpaired) electrons. The Kier molecular flexibility index (Phi) is 8.93. The fourth-order valence-corrected chi connectivity index (χ4v) is 3.62. The summed E-state index contributed by atoms with van der Waals surface area (Å²) in [5.74, 6) is -1.74. The molecule has 0 aromatic heterocycles. The van der Waals surface area contributed by atoms with Crippen molar-refractivity contribution < 1.29 is 29.2 Å². The summed E-state index contributed by atoms with van der Waals surface area (Å²) >= 11 is 0. The largest absolute Gasteiger partial charge is 0.508 e. The highest BCUT2D eigenvalue weighted by Crippen LogP contribution is 2.15. The van der Waals surface area contributed by atoms with Gasteiger partial charge in [0, 0.05) is 30.5 Å². The van der Waals surface area contributed by atoms with Crippen LogP contribution >= 0.6 is 0 Å². The number of nitrogens with zero attached hydrogens (tertiary/aromatic N) is 1. The fourth-order valence-electron chi connectivity index (χ4n) is 3.62. The number of carbonyl (C=O) groups excluding carboxylic acids is 3. The van der Waals surface area contributed by atoms with E-state index < -0.39 is 34.8 Å². The van der Waals surface area contributed by atoms with Gasteiger partial charge in [-0.3, -0.25) is 19.7 Å². The molecule has 0 fully saturated rings. The summed E-state index contributed by atoms with van der Waals surface area (Å²) in [7, 11) is 1.20. The maximum atomic E-state index is 13.3. The van der Waals surface area contributed by atoms with Crippen LogP contribution < -0.4 is 10.6 Å². The molecule has 3 rings (SSSR count). The van der Waals surface area contributed by atoms with Crippen LogP contribution in [0.25, 0.3) is 0 Å². The van der Waals surface area contributed by atoms with Crippen LogP contribution in [-0.4, -0.2) is 47.0 Å². The van der Waals surface area contributed by atoms with Crippen molar-refractivity contribution in [1.82, 2.24) is 10.6 Å². The first-order chi connectivity index (χ1) is 17.7. The van der Waals surface area contributed by atoms with Gasteiger partial charge in [0.05, 0.1) is 12.0 Å². The molecular formula is C27H27N3O7. The molecule has 3 aromatic carbocycles. The minimum Gasteiger partial charge on any atom is -0.508 e. The number of esters is 1. The zero-order valence-corrected chi connectivity index (χ0v) is 20.3. The quantitative estimate of drug-likeness (QED) is 0.218. The lowest BCUT2D eigenvalue weighted by atomic mass is 10.0.